The molecule has 1 aromatic carbocycles. The van der Waals surface area contributed by atoms with E-state index >= 15 is 0 Å². The molecule has 0 aromatic heterocycles. The summed E-state index contributed by atoms with van der Waals surface area (Å²) in [4.78, 5) is 2.50. The van der Waals surface area contributed by atoms with Crippen LogP contribution in [-0.2, 0) is 6.54 Å². The molecule has 2 aliphatic rings. The Bertz CT molecular complexity index is 452. The quantitative estimate of drug-likeness (QED) is 0.834. The van der Waals surface area contributed by atoms with Crippen molar-refractivity contribution in [3.63, 3.8) is 0 Å². The van der Waals surface area contributed by atoms with Gasteiger partial charge >= 0.3 is 0 Å². The zero-order chi connectivity index (χ0) is 13.9. The first-order valence-corrected chi connectivity index (χ1v) is 7.85. The first-order valence-electron chi connectivity index (χ1n) is 7.85. The van der Waals surface area contributed by atoms with Crippen LogP contribution in [0.3, 0.4) is 0 Å². The summed E-state index contributed by atoms with van der Waals surface area (Å²) >= 11 is 0. The summed E-state index contributed by atoms with van der Waals surface area (Å²) in [5.74, 6) is 2.73. The Morgan fingerprint density at radius 2 is 1.85 bits per heavy atom. The molecule has 0 saturated heterocycles. The summed E-state index contributed by atoms with van der Waals surface area (Å²) in [6.07, 6.45) is 6.83. The minimum absolute atomic E-state index is 0.357. The van der Waals surface area contributed by atoms with Gasteiger partial charge in [0.25, 0.3) is 0 Å². The summed E-state index contributed by atoms with van der Waals surface area (Å²) in [5, 5.41) is 0. The predicted molar refractivity (Wildman–Crippen MR) is 80.1 cm³/mol. The first-order chi connectivity index (χ1) is 9.76. The van der Waals surface area contributed by atoms with E-state index in [2.05, 4.69) is 31.0 Å². The number of benzene rings is 1. The van der Waals surface area contributed by atoms with Crippen molar-refractivity contribution in [2.75, 3.05) is 13.8 Å². The fourth-order valence-corrected chi connectivity index (χ4v) is 3.45. The van der Waals surface area contributed by atoms with E-state index in [-0.39, 0.29) is 0 Å². The molecule has 0 N–H and O–H groups in total. The third kappa shape index (κ3) is 2.93. The molecule has 1 aromatic rings. The smallest absolute Gasteiger partial charge is 0.231 e. The molecule has 110 valence electrons. The Hall–Kier alpha value is -1.22. The monoisotopic (exact) mass is 275 g/mol. The highest BCUT2D eigenvalue weighted by molar-refractivity contribution is 5.44. The standard InChI is InChI=1S/C17H25NO2/c1-3-13-4-7-15(8-5-13)18(2)11-14-6-9-16-17(10-14)20-12-19-16/h6,9-10,13,15H,3-5,7-8,11-12H2,1-2H3. The van der Waals surface area contributed by atoms with Gasteiger partial charge < -0.3 is 9.47 Å². The Morgan fingerprint density at radius 1 is 1.10 bits per heavy atom. The van der Waals surface area contributed by atoms with Gasteiger partial charge in [0.05, 0.1) is 0 Å². The molecule has 0 spiro atoms. The van der Waals surface area contributed by atoms with E-state index in [1.165, 1.54) is 37.7 Å². The highest BCUT2D eigenvalue weighted by atomic mass is 16.7. The highest BCUT2D eigenvalue weighted by Crippen LogP contribution is 2.34. The van der Waals surface area contributed by atoms with Crippen molar-refractivity contribution in [3.05, 3.63) is 23.8 Å². The van der Waals surface area contributed by atoms with Crippen molar-refractivity contribution in [3.8, 4) is 11.5 Å². The molecule has 1 heterocycles. The Balaban J connectivity index is 1.57. The lowest BCUT2D eigenvalue weighted by Gasteiger charge is -2.34. The van der Waals surface area contributed by atoms with E-state index in [9.17, 15) is 0 Å². The average Bonchev–Trinajstić information content (AvgIpc) is 2.95. The number of nitrogens with zero attached hydrogens (tertiary/aromatic N) is 1. The summed E-state index contributed by atoms with van der Waals surface area (Å²) in [6, 6.07) is 7.04. The molecule has 1 aliphatic carbocycles. The molecular weight excluding hydrogens is 250 g/mol. The van der Waals surface area contributed by atoms with E-state index in [0.29, 0.717) is 6.79 Å². The lowest BCUT2D eigenvalue weighted by molar-refractivity contribution is 0.157. The maximum Gasteiger partial charge on any atom is 0.231 e. The first kappa shape index (κ1) is 13.7. The summed E-state index contributed by atoms with van der Waals surface area (Å²) < 4.78 is 10.8. The van der Waals surface area contributed by atoms with E-state index in [4.69, 9.17) is 9.47 Å². The number of rotatable bonds is 4. The van der Waals surface area contributed by atoms with E-state index in [1.807, 2.05) is 6.07 Å². The zero-order valence-corrected chi connectivity index (χ0v) is 12.6. The Labute approximate surface area is 121 Å². The third-order valence-electron chi connectivity index (χ3n) is 4.89. The van der Waals surface area contributed by atoms with Crippen LogP contribution in [0.2, 0.25) is 0 Å². The van der Waals surface area contributed by atoms with Gasteiger partial charge in [-0.05, 0) is 56.3 Å². The second-order valence-electron chi connectivity index (χ2n) is 6.19. The predicted octanol–water partition coefficient (Wildman–Crippen LogP) is 3.82. The second-order valence-corrected chi connectivity index (χ2v) is 6.19. The fourth-order valence-electron chi connectivity index (χ4n) is 3.45. The van der Waals surface area contributed by atoms with Gasteiger partial charge in [0, 0.05) is 12.6 Å². The van der Waals surface area contributed by atoms with Gasteiger partial charge in [-0.25, -0.2) is 0 Å². The SMILES string of the molecule is CCC1CCC(N(C)Cc2ccc3c(c2)OCO3)CC1. The van der Waals surface area contributed by atoms with Crippen LogP contribution < -0.4 is 9.47 Å². The molecule has 1 fully saturated rings. The van der Waals surface area contributed by atoms with Crippen LogP contribution in [-0.4, -0.2) is 24.8 Å². The molecule has 0 unspecified atom stereocenters. The zero-order valence-electron chi connectivity index (χ0n) is 12.6. The average molecular weight is 275 g/mol. The van der Waals surface area contributed by atoms with Gasteiger partial charge in [0.2, 0.25) is 6.79 Å². The van der Waals surface area contributed by atoms with Crippen LogP contribution in [0.1, 0.15) is 44.6 Å². The van der Waals surface area contributed by atoms with Crippen molar-refractivity contribution in [2.24, 2.45) is 5.92 Å². The minimum Gasteiger partial charge on any atom is -0.454 e. The second kappa shape index (κ2) is 6.04. The van der Waals surface area contributed by atoms with Gasteiger partial charge in [-0.3, -0.25) is 4.90 Å². The minimum atomic E-state index is 0.357. The molecule has 1 saturated carbocycles. The molecule has 0 radical (unpaired) electrons. The molecule has 0 bridgehead atoms. The third-order valence-corrected chi connectivity index (χ3v) is 4.89. The van der Waals surface area contributed by atoms with Gasteiger partial charge in [0.1, 0.15) is 0 Å². The number of ether oxygens (including phenoxy) is 2. The largest absolute Gasteiger partial charge is 0.454 e. The Kier molecular flexibility index (Phi) is 4.16. The molecule has 0 atom stereocenters. The molecule has 20 heavy (non-hydrogen) atoms. The topological polar surface area (TPSA) is 21.7 Å². The number of fused-ring (bicyclic) bond motifs is 1. The van der Waals surface area contributed by atoms with E-state index in [0.717, 1.165) is 30.0 Å². The molecule has 3 nitrogen and oxygen atoms in total. The van der Waals surface area contributed by atoms with E-state index < -0.39 is 0 Å². The molecule has 3 heteroatoms. The Morgan fingerprint density at radius 3 is 2.60 bits per heavy atom. The van der Waals surface area contributed by atoms with Crippen molar-refractivity contribution in [1.29, 1.82) is 0 Å². The van der Waals surface area contributed by atoms with Gasteiger partial charge in [-0.15, -0.1) is 0 Å². The normalized spacial score (nSPS) is 25.1. The van der Waals surface area contributed by atoms with Gasteiger partial charge in [0.15, 0.2) is 11.5 Å². The molecule has 0 amide bonds. The van der Waals surface area contributed by atoms with Crippen molar-refractivity contribution in [1.82, 2.24) is 4.90 Å². The van der Waals surface area contributed by atoms with Crippen LogP contribution in [0, 0.1) is 5.92 Å². The summed E-state index contributed by atoms with van der Waals surface area (Å²) in [7, 11) is 2.25. The maximum absolute atomic E-state index is 5.45. The molecular formula is C17H25NO2. The van der Waals surface area contributed by atoms with Crippen LogP contribution in [0.25, 0.3) is 0 Å². The van der Waals surface area contributed by atoms with Crippen molar-refractivity contribution in [2.45, 2.75) is 51.6 Å². The van der Waals surface area contributed by atoms with Crippen LogP contribution in [0.15, 0.2) is 18.2 Å². The highest BCUT2D eigenvalue weighted by Gasteiger charge is 2.23. The molecule has 1 aliphatic heterocycles. The summed E-state index contributed by atoms with van der Waals surface area (Å²) in [5.41, 5.74) is 1.31. The number of hydrogen-bond acceptors (Lipinski definition) is 3. The van der Waals surface area contributed by atoms with Crippen LogP contribution in [0.4, 0.5) is 0 Å². The lowest BCUT2D eigenvalue weighted by atomic mass is 9.84. The van der Waals surface area contributed by atoms with Crippen molar-refractivity contribution < 1.29 is 9.47 Å². The summed E-state index contributed by atoms with van der Waals surface area (Å²) in [6.45, 7) is 3.68. The van der Waals surface area contributed by atoms with Gasteiger partial charge in [-0.2, -0.15) is 0 Å². The van der Waals surface area contributed by atoms with E-state index in [1.54, 1.807) is 0 Å². The van der Waals surface area contributed by atoms with Crippen LogP contribution >= 0.6 is 0 Å². The molecule has 3 rings (SSSR count). The lowest BCUT2D eigenvalue weighted by Crippen LogP contribution is -2.34. The fraction of sp³-hybridized carbons (Fsp3) is 0.647. The number of hydrogen-bond donors (Lipinski definition) is 0. The van der Waals surface area contributed by atoms with Gasteiger partial charge in [-0.1, -0.05) is 19.4 Å². The van der Waals surface area contributed by atoms with Crippen molar-refractivity contribution >= 4 is 0 Å². The van der Waals surface area contributed by atoms with Crippen LogP contribution in [0.5, 0.6) is 11.5 Å². The maximum atomic E-state index is 5.45.